The molecule has 0 aliphatic carbocycles. The molecule has 0 bridgehead atoms. The molecule has 83 valence electrons. The van der Waals surface area contributed by atoms with Gasteiger partial charge in [0.05, 0.1) is 5.39 Å². The van der Waals surface area contributed by atoms with Gasteiger partial charge in [0, 0.05) is 38.4 Å². The third-order valence-corrected chi connectivity index (χ3v) is 3.06. The summed E-state index contributed by atoms with van der Waals surface area (Å²) in [5.41, 5.74) is 0.840. The standard InChI is InChI=1S/C11H14N5/c1-15-5-7-16(8-6-15)11-9-3-2-4-12-10(9)13-14-11/h3-4H,5-8H2,1H3,(H,12,13,14). The Morgan fingerprint density at radius 1 is 1.31 bits per heavy atom. The molecule has 0 spiro atoms. The van der Waals surface area contributed by atoms with Crippen molar-refractivity contribution in [2.75, 3.05) is 38.1 Å². The second-order valence-electron chi connectivity index (χ2n) is 4.17. The zero-order valence-corrected chi connectivity index (χ0v) is 9.27. The van der Waals surface area contributed by atoms with E-state index in [0.717, 1.165) is 43.0 Å². The second-order valence-corrected chi connectivity index (χ2v) is 4.17. The number of nitrogens with one attached hydrogen (secondary N) is 1. The van der Waals surface area contributed by atoms with Crippen molar-refractivity contribution < 1.29 is 0 Å². The molecule has 1 fully saturated rings. The summed E-state index contributed by atoms with van der Waals surface area (Å²) in [4.78, 5) is 8.83. The van der Waals surface area contributed by atoms with Crippen molar-refractivity contribution in [1.82, 2.24) is 20.1 Å². The van der Waals surface area contributed by atoms with E-state index in [9.17, 15) is 0 Å². The fourth-order valence-electron chi connectivity index (χ4n) is 2.05. The Kier molecular flexibility index (Phi) is 2.25. The van der Waals surface area contributed by atoms with Gasteiger partial charge in [-0.15, -0.1) is 0 Å². The quantitative estimate of drug-likeness (QED) is 0.754. The Hall–Kier alpha value is -1.62. The van der Waals surface area contributed by atoms with Gasteiger partial charge in [-0.25, -0.2) is 4.98 Å². The Morgan fingerprint density at radius 3 is 2.94 bits per heavy atom. The van der Waals surface area contributed by atoms with E-state index >= 15 is 0 Å². The molecule has 1 aliphatic heterocycles. The van der Waals surface area contributed by atoms with Gasteiger partial charge in [-0.3, -0.25) is 5.10 Å². The maximum Gasteiger partial charge on any atom is 0.160 e. The molecule has 2 aromatic rings. The van der Waals surface area contributed by atoms with Gasteiger partial charge in [-0.05, 0) is 13.1 Å². The van der Waals surface area contributed by atoms with Gasteiger partial charge in [0.15, 0.2) is 11.5 Å². The van der Waals surface area contributed by atoms with Crippen LogP contribution < -0.4 is 4.90 Å². The molecule has 0 atom stereocenters. The molecule has 3 rings (SSSR count). The average Bonchev–Trinajstić information content (AvgIpc) is 2.74. The summed E-state index contributed by atoms with van der Waals surface area (Å²) in [6, 6.07) is 4.95. The summed E-state index contributed by atoms with van der Waals surface area (Å²) in [5, 5.41) is 8.37. The molecule has 1 aliphatic rings. The minimum absolute atomic E-state index is 0.840. The third-order valence-electron chi connectivity index (χ3n) is 3.06. The highest BCUT2D eigenvalue weighted by Gasteiger charge is 2.18. The van der Waals surface area contributed by atoms with Crippen molar-refractivity contribution in [2.24, 2.45) is 0 Å². The van der Waals surface area contributed by atoms with E-state index in [1.165, 1.54) is 0 Å². The summed E-state index contributed by atoms with van der Waals surface area (Å²) in [6.07, 6.45) is 1.66. The van der Waals surface area contributed by atoms with Crippen LogP contribution in [0.3, 0.4) is 0 Å². The Morgan fingerprint density at radius 2 is 2.12 bits per heavy atom. The molecule has 3 heterocycles. The number of anilines is 1. The number of hydrogen-bond acceptors (Lipinski definition) is 4. The van der Waals surface area contributed by atoms with Gasteiger partial charge < -0.3 is 9.80 Å². The lowest BCUT2D eigenvalue weighted by atomic mass is 10.3. The van der Waals surface area contributed by atoms with Crippen LogP contribution >= 0.6 is 0 Å². The smallest absolute Gasteiger partial charge is 0.160 e. The fraction of sp³-hybridized carbons (Fsp3) is 0.455. The maximum atomic E-state index is 4.34. The highest BCUT2D eigenvalue weighted by molar-refractivity contribution is 5.87. The molecular weight excluding hydrogens is 202 g/mol. The maximum absolute atomic E-state index is 4.34. The summed E-state index contributed by atoms with van der Waals surface area (Å²) >= 11 is 0. The molecule has 5 nitrogen and oxygen atoms in total. The number of fused-ring (bicyclic) bond motifs is 1. The lowest BCUT2D eigenvalue weighted by Gasteiger charge is -2.32. The number of piperazine rings is 1. The monoisotopic (exact) mass is 216 g/mol. The summed E-state index contributed by atoms with van der Waals surface area (Å²) < 4.78 is 0. The minimum atomic E-state index is 0.840. The topological polar surface area (TPSA) is 48.0 Å². The number of rotatable bonds is 1. The van der Waals surface area contributed by atoms with Crippen molar-refractivity contribution >= 4 is 16.9 Å². The van der Waals surface area contributed by atoms with Gasteiger partial charge in [-0.1, -0.05) is 0 Å². The first kappa shape index (κ1) is 9.59. The van der Waals surface area contributed by atoms with Gasteiger partial charge in [0.25, 0.3) is 0 Å². The van der Waals surface area contributed by atoms with Crippen LogP contribution in [-0.2, 0) is 0 Å². The van der Waals surface area contributed by atoms with Crippen molar-refractivity contribution in [3.05, 3.63) is 18.3 Å². The van der Waals surface area contributed by atoms with Crippen LogP contribution in [0.25, 0.3) is 11.0 Å². The zero-order valence-electron chi connectivity index (χ0n) is 9.27. The molecule has 2 aromatic heterocycles. The van der Waals surface area contributed by atoms with Crippen LogP contribution in [0.5, 0.6) is 0 Å². The highest BCUT2D eigenvalue weighted by atomic mass is 15.3. The zero-order chi connectivity index (χ0) is 11.0. The van der Waals surface area contributed by atoms with E-state index < -0.39 is 0 Å². The number of likely N-dealkylation sites (N-methyl/N-ethyl adjacent to an activating group) is 1. The highest BCUT2D eigenvalue weighted by Crippen LogP contribution is 2.22. The van der Waals surface area contributed by atoms with Crippen LogP contribution in [0.1, 0.15) is 0 Å². The number of H-pyrrole nitrogens is 1. The molecular formula is C11H14N5. The van der Waals surface area contributed by atoms with Gasteiger partial charge in [0.1, 0.15) is 0 Å². The van der Waals surface area contributed by atoms with Gasteiger partial charge in [0.2, 0.25) is 0 Å². The Bertz CT molecular complexity index is 484. The first-order valence-electron chi connectivity index (χ1n) is 5.48. The van der Waals surface area contributed by atoms with Gasteiger partial charge in [-0.2, -0.15) is 5.10 Å². The van der Waals surface area contributed by atoms with E-state index in [-0.39, 0.29) is 0 Å². The Balaban J connectivity index is 1.94. The number of hydrogen-bond donors (Lipinski definition) is 1. The largest absolute Gasteiger partial charge is 0.352 e. The van der Waals surface area contributed by atoms with Crippen molar-refractivity contribution in [1.29, 1.82) is 0 Å². The van der Waals surface area contributed by atoms with E-state index in [2.05, 4.69) is 38.1 Å². The van der Waals surface area contributed by atoms with E-state index in [1.54, 1.807) is 6.20 Å². The van der Waals surface area contributed by atoms with Crippen molar-refractivity contribution in [3.63, 3.8) is 0 Å². The second kappa shape index (κ2) is 3.75. The van der Waals surface area contributed by atoms with Crippen LogP contribution in [0.15, 0.2) is 12.3 Å². The molecule has 1 N–H and O–H groups in total. The summed E-state index contributed by atoms with van der Waals surface area (Å²) in [6.45, 7) is 4.20. The van der Waals surface area contributed by atoms with Crippen LogP contribution in [0.2, 0.25) is 0 Å². The van der Waals surface area contributed by atoms with Gasteiger partial charge >= 0.3 is 0 Å². The van der Waals surface area contributed by atoms with E-state index in [4.69, 9.17) is 0 Å². The molecule has 0 unspecified atom stereocenters. The lowest BCUT2D eigenvalue weighted by Crippen LogP contribution is -2.44. The summed E-state index contributed by atoms with van der Waals surface area (Å²) in [5.74, 6) is 1.01. The molecule has 0 aromatic carbocycles. The molecule has 5 heteroatoms. The van der Waals surface area contributed by atoms with E-state index in [0.29, 0.717) is 0 Å². The average molecular weight is 216 g/mol. The number of nitrogens with zero attached hydrogens (tertiary/aromatic N) is 4. The first-order chi connectivity index (χ1) is 7.84. The van der Waals surface area contributed by atoms with Crippen LogP contribution in [0.4, 0.5) is 5.82 Å². The number of aromatic amines is 1. The molecule has 1 saturated heterocycles. The first-order valence-corrected chi connectivity index (χ1v) is 5.48. The number of aromatic nitrogens is 3. The molecule has 0 saturated carbocycles. The minimum Gasteiger partial charge on any atom is -0.352 e. The summed E-state index contributed by atoms with van der Waals surface area (Å²) in [7, 11) is 2.15. The van der Waals surface area contributed by atoms with E-state index in [1.807, 2.05) is 6.07 Å². The fourth-order valence-corrected chi connectivity index (χ4v) is 2.05. The predicted octanol–water partition coefficient (Wildman–Crippen LogP) is 0.510. The Labute approximate surface area is 94.1 Å². The molecule has 0 amide bonds. The SMILES string of the molecule is CN1CCN(c2n[nH]c3nc[c]cc23)CC1. The van der Waals surface area contributed by atoms with Crippen LogP contribution in [-0.4, -0.2) is 53.3 Å². The van der Waals surface area contributed by atoms with Crippen molar-refractivity contribution in [2.45, 2.75) is 0 Å². The molecule has 16 heavy (non-hydrogen) atoms. The molecule has 1 radical (unpaired) electrons. The van der Waals surface area contributed by atoms with Crippen molar-refractivity contribution in [3.8, 4) is 0 Å². The normalized spacial score (nSPS) is 18.2. The number of pyridine rings is 1. The third kappa shape index (κ3) is 1.53. The lowest BCUT2D eigenvalue weighted by molar-refractivity contribution is 0.312. The van der Waals surface area contributed by atoms with Crippen LogP contribution in [0, 0.1) is 6.07 Å². The predicted molar refractivity (Wildman–Crippen MR) is 62.4 cm³/mol.